The van der Waals surface area contributed by atoms with E-state index in [1.807, 2.05) is 0 Å². The molecule has 2 atom stereocenters. The molecular formula is C13H16O4S. The lowest BCUT2D eigenvalue weighted by Crippen LogP contribution is -2.23. The molecule has 1 fully saturated rings. The fraction of sp³-hybridized carbons (Fsp3) is 0.462. The number of ether oxygens (including phenoxy) is 1. The van der Waals surface area contributed by atoms with Crippen LogP contribution in [0.1, 0.15) is 26.2 Å². The van der Waals surface area contributed by atoms with Crippen LogP contribution in [0, 0.1) is 0 Å². The third-order valence-corrected chi connectivity index (χ3v) is 5.34. The SMILES string of the molecule is C[C@@H]1CC[C@H](S(=O)(=O)c2ccccc2)CC(=O)O1. The van der Waals surface area contributed by atoms with Crippen LogP contribution in [0.25, 0.3) is 0 Å². The van der Waals surface area contributed by atoms with E-state index in [1.54, 1.807) is 37.3 Å². The first kappa shape index (κ1) is 13.1. The predicted octanol–water partition coefficient (Wildman–Crippen LogP) is 1.94. The van der Waals surface area contributed by atoms with Crippen molar-refractivity contribution < 1.29 is 17.9 Å². The number of cyclic esters (lactones) is 1. The van der Waals surface area contributed by atoms with Gasteiger partial charge in [-0.25, -0.2) is 8.42 Å². The lowest BCUT2D eigenvalue weighted by Gasteiger charge is -2.13. The number of esters is 1. The van der Waals surface area contributed by atoms with Gasteiger partial charge in [0.1, 0.15) is 0 Å². The van der Waals surface area contributed by atoms with Gasteiger partial charge in [-0.2, -0.15) is 0 Å². The Balaban J connectivity index is 2.28. The Bertz CT molecular complexity index is 521. The summed E-state index contributed by atoms with van der Waals surface area (Å²) >= 11 is 0. The van der Waals surface area contributed by atoms with Gasteiger partial charge in [0.25, 0.3) is 0 Å². The molecule has 0 aliphatic carbocycles. The number of sulfone groups is 1. The van der Waals surface area contributed by atoms with Gasteiger partial charge in [0.05, 0.1) is 22.7 Å². The zero-order valence-electron chi connectivity index (χ0n) is 10.2. The molecule has 1 aromatic rings. The van der Waals surface area contributed by atoms with Crippen LogP contribution in [-0.2, 0) is 19.4 Å². The molecule has 1 aromatic carbocycles. The van der Waals surface area contributed by atoms with Gasteiger partial charge in [0.15, 0.2) is 9.84 Å². The summed E-state index contributed by atoms with van der Waals surface area (Å²) in [6.45, 7) is 1.79. The lowest BCUT2D eigenvalue weighted by molar-refractivity contribution is -0.146. The number of carbonyl (C=O) groups excluding carboxylic acids is 1. The highest BCUT2D eigenvalue weighted by Crippen LogP contribution is 2.26. The molecule has 98 valence electrons. The molecule has 1 saturated heterocycles. The van der Waals surface area contributed by atoms with Crippen LogP contribution in [0.5, 0.6) is 0 Å². The van der Waals surface area contributed by atoms with Crippen molar-refractivity contribution >= 4 is 15.8 Å². The van der Waals surface area contributed by atoms with E-state index in [-0.39, 0.29) is 17.4 Å². The molecule has 18 heavy (non-hydrogen) atoms. The number of hydrogen-bond donors (Lipinski definition) is 0. The van der Waals surface area contributed by atoms with Gasteiger partial charge < -0.3 is 4.74 Å². The molecule has 0 unspecified atom stereocenters. The smallest absolute Gasteiger partial charge is 0.307 e. The Labute approximate surface area is 107 Å². The van der Waals surface area contributed by atoms with Crippen LogP contribution in [-0.4, -0.2) is 25.7 Å². The molecule has 2 rings (SSSR count). The fourth-order valence-electron chi connectivity index (χ4n) is 2.11. The largest absolute Gasteiger partial charge is 0.463 e. The predicted molar refractivity (Wildman–Crippen MR) is 66.8 cm³/mol. The van der Waals surface area contributed by atoms with E-state index in [2.05, 4.69) is 0 Å². The van der Waals surface area contributed by atoms with Gasteiger partial charge >= 0.3 is 5.97 Å². The second-order valence-corrected chi connectivity index (χ2v) is 6.79. The fourth-order valence-corrected chi connectivity index (χ4v) is 3.83. The second kappa shape index (κ2) is 5.10. The summed E-state index contributed by atoms with van der Waals surface area (Å²) in [5.74, 6) is -0.426. The third-order valence-electron chi connectivity index (χ3n) is 3.13. The van der Waals surface area contributed by atoms with Crippen LogP contribution in [0.4, 0.5) is 0 Å². The summed E-state index contributed by atoms with van der Waals surface area (Å²) in [5.41, 5.74) is 0. The number of rotatable bonds is 2. The minimum atomic E-state index is -3.44. The molecule has 0 amide bonds. The van der Waals surface area contributed by atoms with Crippen LogP contribution in [0.2, 0.25) is 0 Å². The normalized spacial score (nSPS) is 25.3. The van der Waals surface area contributed by atoms with E-state index in [4.69, 9.17) is 4.74 Å². The highest BCUT2D eigenvalue weighted by molar-refractivity contribution is 7.92. The van der Waals surface area contributed by atoms with Crippen molar-refractivity contribution in [3.63, 3.8) is 0 Å². The molecule has 1 aliphatic heterocycles. The van der Waals surface area contributed by atoms with Crippen molar-refractivity contribution in [1.82, 2.24) is 0 Å². The number of hydrogen-bond acceptors (Lipinski definition) is 4. The highest BCUT2D eigenvalue weighted by Gasteiger charge is 2.33. The van der Waals surface area contributed by atoms with Crippen molar-refractivity contribution in [3.8, 4) is 0 Å². The average molecular weight is 268 g/mol. The van der Waals surface area contributed by atoms with Crippen molar-refractivity contribution in [2.45, 2.75) is 42.4 Å². The number of benzene rings is 1. The van der Waals surface area contributed by atoms with Gasteiger partial charge in [0, 0.05) is 0 Å². The summed E-state index contributed by atoms with van der Waals surface area (Å²) in [5, 5.41) is -0.669. The van der Waals surface area contributed by atoms with Gasteiger partial charge in [-0.3, -0.25) is 4.79 Å². The first-order valence-electron chi connectivity index (χ1n) is 5.98. The molecule has 0 saturated carbocycles. The summed E-state index contributed by atoms with van der Waals surface area (Å²) in [6.07, 6.45) is 0.794. The van der Waals surface area contributed by atoms with E-state index in [9.17, 15) is 13.2 Å². The van der Waals surface area contributed by atoms with Crippen LogP contribution in [0.15, 0.2) is 35.2 Å². The van der Waals surface area contributed by atoms with E-state index in [0.29, 0.717) is 12.8 Å². The number of carbonyl (C=O) groups is 1. The molecule has 0 radical (unpaired) electrons. The minimum absolute atomic E-state index is 0.0540. The van der Waals surface area contributed by atoms with Gasteiger partial charge in [0.2, 0.25) is 0 Å². The Morgan fingerprint density at radius 3 is 2.50 bits per heavy atom. The zero-order chi connectivity index (χ0) is 13.2. The molecule has 0 bridgehead atoms. The summed E-state index contributed by atoms with van der Waals surface area (Å²) in [4.78, 5) is 11.8. The second-order valence-electron chi connectivity index (χ2n) is 4.56. The van der Waals surface area contributed by atoms with Crippen molar-refractivity contribution in [2.24, 2.45) is 0 Å². The van der Waals surface area contributed by atoms with E-state index in [0.717, 1.165) is 0 Å². The maximum absolute atomic E-state index is 12.4. The van der Waals surface area contributed by atoms with Crippen LogP contribution in [0.3, 0.4) is 0 Å². The maximum atomic E-state index is 12.4. The van der Waals surface area contributed by atoms with Crippen molar-refractivity contribution in [1.29, 1.82) is 0 Å². The molecule has 0 N–H and O–H groups in total. The van der Waals surface area contributed by atoms with Crippen molar-refractivity contribution in [3.05, 3.63) is 30.3 Å². The molecule has 0 spiro atoms. The molecule has 0 aromatic heterocycles. The minimum Gasteiger partial charge on any atom is -0.463 e. The quantitative estimate of drug-likeness (QED) is 0.769. The molecule has 1 heterocycles. The molecule has 1 aliphatic rings. The van der Waals surface area contributed by atoms with Crippen LogP contribution < -0.4 is 0 Å². The Morgan fingerprint density at radius 2 is 1.83 bits per heavy atom. The molecular weight excluding hydrogens is 252 g/mol. The van der Waals surface area contributed by atoms with E-state index < -0.39 is 21.1 Å². The summed E-state index contributed by atoms with van der Waals surface area (Å²) < 4.78 is 29.8. The van der Waals surface area contributed by atoms with Crippen LogP contribution >= 0.6 is 0 Å². The Morgan fingerprint density at radius 1 is 1.17 bits per heavy atom. The topological polar surface area (TPSA) is 60.4 Å². The first-order chi connectivity index (χ1) is 8.50. The summed E-state index contributed by atoms with van der Waals surface area (Å²) in [6, 6.07) is 8.27. The van der Waals surface area contributed by atoms with Gasteiger partial charge in [-0.1, -0.05) is 18.2 Å². The Hall–Kier alpha value is -1.36. The molecule has 5 heteroatoms. The Kier molecular flexibility index (Phi) is 3.71. The lowest BCUT2D eigenvalue weighted by atomic mass is 10.1. The summed E-state index contributed by atoms with van der Waals surface area (Å²) in [7, 11) is -3.44. The van der Waals surface area contributed by atoms with Gasteiger partial charge in [-0.05, 0) is 31.9 Å². The average Bonchev–Trinajstić information content (AvgIpc) is 2.51. The van der Waals surface area contributed by atoms with E-state index >= 15 is 0 Å². The molecule has 4 nitrogen and oxygen atoms in total. The maximum Gasteiger partial charge on any atom is 0.307 e. The first-order valence-corrected chi connectivity index (χ1v) is 7.53. The van der Waals surface area contributed by atoms with Gasteiger partial charge in [-0.15, -0.1) is 0 Å². The van der Waals surface area contributed by atoms with Crippen molar-refractivity contribution in [2.75, 3.05) is 0 Å². The third kappa shape index (κ3) is 2.72. The standard InChI is InChI=1S/C13H16O4S/c1-10-7-8-12(9-13(14)17-10)18(15,16)11-5-3-2-4-6-11/h2-6,10,12H,7-9H2,1H3/t10-,12+/m1/s1. The van der Waals surface area contributed by atoms with E-state index in [1.165, 1.54) is 0 Å². The zero-order valence-corrected chi connectivity index (χ0v) is 11.0. The monoisotopic (exact) mass is 268 g/mol. The highest BCUT2D eigenvalue weighted by atomic mass is 32.2.